The summed E-state index contributed by atoms with van der Waals surface area (Å²) in [5.74, 6) is -4.48. The molecule has 1 saturated carbocycles. The molecule has 1 rings (SSSR count). The lowest BCUT2D eigenvalue weighted by Gasteiger charge is -2.12. The fourth-order valence-corrected chi connectivity index (χ4v) is 1.50. The van der Waals surface area contributed by atoms with Crippen LogP contribution in [0.3, 0.4) is 0 Å². The number of Topliss-reactive ketones (excluding diaryl/α,β-unsaturated/α-hetero) is 1. The molecule has 6 heteroatoms. The van der Waals surface area contributed by atoms with Crippen LogP contribution in [0.2, 0.25) is 0 Å². The van der Waals surface area contributed by atoms with Gasteiger partial charge in [0, 0.05) is 6.42 Å². The lowest BCUT2D eigenvalue weighted by Crippen LogP contribution is -2.22. The van der Waals surface area contributed by atoms with Gasteiger partial charge in [-0.25, -0.2) is 0 Å². The van der Waals surface area contributed by atoms with Gasteiger partial charge in [-0.3, -0.25) is 9.59 Å². The molecule has 0 N–H and O–H groups in total. The van der Waals surface area contributed by atoms with E-state index < -0.39 is 42.6 Å². The number of carbonyl (C=O) groups is 2. The zero-order valence-electron chi connectivity index (χ0n) is 7.43. The largest absolute Gasteiger partial charge is 0.468 e. The van der Waals surface area contributed by atoms with Crippen LogP contribution in [-0.4, -0.2) is 25.0 Å². The molecule has 1 aliphatic carbocycles. The van der Waals surface area contributed by atoms with Crippen LogP contribution in [-0.2, 0) is 14.3 Å². The summed E-state index contributed by atoms with van der Waals surface area (Å²) in [5, 5.41) is 0. The molecule has 1 aliphatic rings. The van der Waals surface area contributed by atoms with Crippen molar-refractivity contribution in [3.05, 3.63) is 0 Å². The summed E-state index contributed by atoms with van der Waals surface area (Å²) in [6.45, 7) is 0. The maximum Gasteiger partial charge on any atom is 0.392 e. The number of rotatable bonds is 1. The van der Waals surface area contributed by atoms with E-state index in [1.165, 1.54) is 0 Å². The van der Waals surface area contributed by atoms with Gasteiger partial charge in [-0.2, -0.15) is 13.2 Å². The smallest absolute Gasteiger partial charge is 0.392 e. The molecule has 0 aromatic heterocycles. The minimum Gasteiger partial charge on any atom is -0.468 e. The van der Waals surface area contributed by atoms with Crippen LogP contribution in [0.15, 0.2) is 0 Å². The topological polar surface area (TPSA) is 43.4 Å². The van der Waals surface area contributed by atoms with Crippen molar-refractivity contribution in [2.24, 2.45) is 11.8 Å². The Labute approximate surface area is 78.2 Å². The molecule has 0 bridgehead atoms. The monoisotopic (exact) mass is 210 g/mol. The van der Waals surface area contributed by atoms with Gasteiger partial charge >= 0.3 is 12.1 Å². The normalized spacial score (nSPS) is 27.9. The predicted octanol–water partition coefficient (Wildman–Crippen LogP) is 1.32. The van der Waals surface area contributed by atoms with Gasteiger partial charge in [-0.15, -0.1) is 0 Å². The molecule has 0 heterocycles. The second-order valence-electron chi connectivity index (χ2n) is 3.22. The molecule has 0 saturated heterocycles. The Morgan fingerprint density at radius 1 is 1.50 bits per heavy atom. The molecule has 80 valence electrons. The second kappa shape index (κ2) is 3.59. The number of esters is 1. The lowest BCUT2D eigenvalue weighted by atomic mass is 10.0. The van der Waals surface area contributed by atoms with Gasteiger partial charge in [0.15, 0.2) is 0 Å². The SMILES string of the molecule is COC(=O)C1CC(C(F)(F)F)CC1=O. The summed E-state index contributed by atoms with van der Waals surface area (Å²) in [5.41, 5.74) is 0. The van der Waals surface area contributed by atoms with Crippen molar-refractivity contribution in [1.82, 2.24) is 0 Å². The minimum absolute atomic E-state index is 0.477. The molecule has 0 aliphatic heterocycles. The lowest BCUT2D eigenvalue weighted by molar-refractivity contribution is -0.174. The number of hydrogen-bond donors (Lipinski definition) is 0. The summed E-state index contributed by atoms with van der Waals surface area (Å²) >= 11 is 0. The predicted molar refractivity (Wildman–Crippen MR) is 39.3 cm³/mol. The first-order valence-corrected chi connectivity index (χ1v) is 4.03. The van der Waals surface area contributed by atoms with E-state index in [1.54, 1.807) is 0 Å². The van der Waals surface area contributed by atoms with Gasteiger partial charge in [-0.1, -0.05) is 0 Å². The van der Waals surface area contributed by atoms with Crippen LogP contribution in [0.1, 0.15) is 12.8 Å². The highest BCUT2D eigenvalue weighted by Gasteiger charge is 2.50. The van der Waals surface area contributed by atoms with E-state index in [1.807, 2.05) is 0 Å². The summed E-state index contributed by atoms with van der Waals surface area (Å²) < 4.78 is 40.7. The number of ether oxygens (including phenoxy) is 1. The van der Waals surface area contributed by atoms with Crippen molar-refractivity contribution in [1.29, 1.82) is 0 Å². The first-order chi connectivity index (χ1) is 6.36. The van der Waals surface area contributed by atoms with Gasteiger partial charge in [0.2, 0.25) is 0 Å². The highest BCUT2D eigenvalue weighted by atomic mass is 19.4. The average Bonchev–Trinajstić information content (AvgIpc) is 2.45. The molecule has 2 atom stereocenters. The molecule has 0 aromatic carbocycles. The first-order valence-electron chi connectivity index (χ1n) is 4.03. The number of halogens is 3. The number of hydrogen-bond acceptors (Lipinski definition) is 3. The van der Waals surface area contributed by atoms with Crippen molar-refractivity contribution < 1.29 is 27.5 Å². The molecular weight excluding hydrogens is 201 g/mol. The Kier molecular flexibility index (Phi) is 2.82. The van der Waals surface area contributed by atoms with Gasteiger partial charge < -0.3 is 4.74 Å². The van der Waals surface area contributed by atoms with Crippen LogP contribution >= 0.6 is 0 Å². The summed E-state index contributed by atoms with van der Waals surface area (Å²) in [7, 11) is 1.05. The molecule has 14 heavy (non-hydrogen) atoms. The molecule has 2 unspecified atom stereocenters. The van der Waals surface area contributed by atoms with Crippen molar-refractivity contribution in [2.45, 2.75) is 19.0 Å². The third-order valence-electron chi connectivity index (χ3n) is 2.31. The van der Waals surface area contributed by atoms with E-state index in [-0.39, 0.29) is 0 Å². The van der Waals surface area contributed by atoms with E-state index in [9.17, 15) is 22.8 Å². The summed E-state index contributed by atoms with van der Waals surface area (Å²) in [6, 6.07) is 0. The van der Waals surface area contributed by atoms with Crippen LogP contribution in [0, 0.1) is 11.8 Å². The standard InChI is InChI=1S/C8H9F3O3/c1-14-7(13)5-2-4(3-6(5)12)8(9,10)11/h4-5H,2-3H2,1H3. The van der Waals surface area contributed by atoms with Crippen LogP contribution < -0.4 is 0 Å². The molecule has 0 amide bonds. The van der Waals surface area contributed by atoms with Crippen LogP contribution in [0.4, 0.5) is 13.2 Å². The zero-order valence-corrected chi connectivity index (χ0v) is 7.43. The molecule has 1 fully saturated rings. The van der Waals surface area contributed by atoms with Gasteiger partial charge in [0.25, 0.3) is 0 Å². The van der Waals surface area contributed by atoms with E-state index in [0.29, 0.717) is 0 Å². The van der Waals surface area contributed by atoms with Crippen molar-refractivity contribution in [3.8, 4) is 0 Å². The second-order valence-corrected chi connectivity index (χ2v) is 3.22. The molecule has 0 spiro atoms. The molecule has 3 nitrogen and oxygen atoms in total. The van der Waals surface area contributed by atoms with Crippen molar-refractivity contribution in [2.75, 3.05) is 7.11 Å². The molecule has 0 aromatic rings. The summed E-state index contributed by atoms with van der Waals surface area (Å²) in [4.78, 5) is 21.9. The third-order valence-corrected chi connectivity index (χ3v) is 2.31. The van der Waals surface area contributed by atoms with Gasteiger partial charge in [-0.05, 0) is 6.42 Å². The van der Waals surface area contributed by atoms with Crippen LogP contribution in [0.25, 0.3) is 0 Å². The number of methoxy groups -OCH3 is 1. The molecular formula is C8H9F3O3. The maximum atomic E-state index is 12.2. The van der Waals surface area contributed by atoms with Crippen LogP contribution in [0.5, 0.6) is 0 Å². The van der Waals surface area contributed by atoms with Gasteiger partial charge in [0.05, 0.1) is 13.0 Å². The number of alkyl halides is 3. The fraction of sp³-hybridized carbons (Fsp3) is 0.750. The van der Waals surface area contributed by atoms with E-state index in [0.717, 1.165) is 7.11 Å². The average molecular weight is 210 g/mol. The fourth-order valence-electron chi connectivity index (χ4n) is 1.50. The first kappa shape index (κ1) is 11.0. The Morgan fingerprint density at radius 2 is 2.07 bits per heavy atom. The van der Waals surface area contributed by atoms with Crippen molar-refractivity contribution in [3.63, 3.8) is 0 Å². The Balaban J connectivity index is 2.70. The highest BCUT2D eigenvalue weighted by Crippen LogP contribution is 2.40. The quantitative estimate of drug-likeness (QED) is 0.484. The number of carbonyl (C=O) groups excluding carboxylic acids is 2. The Bertz CT molecular complexity index is 259. The van der Waals surface area contributed by atoms with E-state index >= 15 is 0 Å². The zero-order chi connectivity index (χ0) is 10.9. The van der Waals surface area contributed by atoms with Gasteiger partial charge in [0.1, 0.15) is 11.7 Å². The number of ketones is 1. The Hall–Kier alpha value is -1.07. The van der Waals surface area contributed by atoms with E-state index in [4.69, 9.17) is 0 Å². The third kappa shape index (κ3) is 2.05. The minimum atomic E-state index is -4.40. The van der Waals surface area contributed by atoms with E-state index in [2.05, 4.69) is 4.74 Å². The molecule has 0 radical (unpaired) electrons. The Morgan fingerprint density at radius 3 is 2.43 bits per heavy atom. The maximum absolute atomic E-state index is 12.2. The van der Waals surface area contributed by atoms with Crippen molar-refractivity contribution >= 4 is 11.8 Å². The summed E-state index contributed by atoms with van der Waals surface area (Å²) in [6.07, 6.45) is -5.49. The highest BCUT2D eigenvalue weighted by molar-refractivity contribution is 6.00.